The zero-order valence-corrected chi connectivity index (χ0v) is 14.7. The molecule has 4 heteroatoms. The molecule has 0 aliphatic rings. The van der Waals surface area contributed by atoms with Crippen LogP contribution in [-0.2, 0) is 0 Å². The van der Waals surface area contributed by atoms with Crippen LogP contribution >= 0.6 is 27.7 Å². The van der Waals surface area contributed by atoms with E-state index in [1.54, 1.807) is 7.11 Å². The Labute approximate surface area is 139 Å². The first kappa shape index (κ1) is 16.4. The summed E-state index contributed by atoms with van der Waals surface area (Å²) in [6.07, 6.45) is 0.945. The Morgan fingerprint density at radius 3 is 2.24 bits per heavy atom. The van der Waals surface area contributed by atoms with Gasteiger partial charge in [-0.05, 0) is 48.4 Å². The molecule has 2 aromatic carbocycles. The van der Waals surface area contributed by atoms with E-state index in [-0.39, 0.29) is 11.3 Å². The molecule has 2 rings (SSSR count). The van der Waals surface area contributed by atoms with Gasteiger partial charge in [0.2, 0.25) is 0 Å². The molecule has 0 spiro atoms. The van der Waals surface area contributed by atoms with E-state index in [1.165, 1.54) is 10.5 Å². The average molecular weight is 366 g/mol. The number of thioether (sulfide) groups is 1. The number of halogens is 1. The van der Waals surface area contributed by atoms with Gasteiger partial charge in [0.05, 0.1) is 7.11 Å². The lowest BCUT2D eigenvalue weighted by molar-refractivity contribution is 0.414. The second-order valence-corrected chi connectivity index (χ2v) is 6.97. The lowest BCUT2D eigenvalue weighted by atomic mass is 10.0. The Hall–Kier alpha value is -0.970. The molecule has 0 aliphatic heterocycles. The van der Waals surface area contributed by atoms with Crippen molar-refractivity contribution in [3.8, 4) is 5.75 Å². The number of hydrogen-bond acceptors (Lipinski definition) is 3. The number of hydrogen-bond donors (Lipinski definition) is 1. The fourth-order valence-corrected chi connectivity index (χ4v) is 3.58. The average Bonchev–Trinajstić information content (AvgIpc) is 2.54. The van der Waals surface area contributed by atoms with Gasteiger partial charge >= 0.3 is 0 Å². The van der Waals surface area contributed by atoms with Crippen LogP contribution in [0, 0.1) is 0 Å². The normalized spacial score (nSPS) is 13.7. The highest BCUT2D eigenvalue weighted by atomic mass is 79.9. The van der Waals surface area contributed by atoms with Crippen LogP contribution in [-0.4, -0.2) is 13.2 Å². The zero-order chi connectivity index (χ0) is 15.2. The smallest absolute Gasteiger partial charge is 0.118 e. The second kappa shape index (κ2) is 7.87. The molecule has 0 saturated carbocycles. The molecule has 0 heterocycles. The second-order valence-electron chi connectivity index (χ2n) is 4.84. The lowest BCUT2D eigenvalue weighted by Crippen LogP contribution is -2.25. The number of ether oxygens (including phenoxy) is 1. The molecule has 0 fully saturated rings. The molecule has 0 bridgehead atoms. The fraction of sp³-hybridized carbons (Fsp3) is 0.294. The van der Waals surface area contributed by atoms with Crippen molar-refractivity contribution in [2.75, 3.05) is 7.11 Å². The summed E-state index contributed by atoms with van der Waals surface area (Å²) < 4.78 is 6.31. The molecule has 2 atom stereocenters. The predicted molar refractivity (Wildman–Crippen MR) is 94.0 cm³/mol. The first-order valence-electron chi connectivity index (χ1n) is 6.95. The molecule has 21 heavy (non-hydrogen) atoms. The van der Waals surface area contributed by atoms with Gasteiger partial charge in [-0.25, -0.2) is 0 Å². The van der Waals surface area contributed by atoms with E-state index in [2.05, 4.69) is 59.3 Å². The summed E-state index contributed by atoms with van der Waals surface area (Å²) in [6, 6.07) is 16.7. The summed E-state index contributed by atoms with van der Waals surface area (Å²) in [6.45, 7) is 2.13. The van der Waals surface area contributed by atoms with Crippen LogP contribution in [0.2, 0.25) is 0 Å². The molecule has 0 aliphatic carbocycles. The van der Waals surface area contributed by atoms with Crippen molar-refractivity contribution >= 4 is 27.7 Å². The fourth-order valence-electron chi connectivity index (χ4n) is 2.07. The summed E-state index contributed by atoms with van der Waals surface area (Å²) in [5, 5.41) is 0.238. The third kappa shape index (κ3) is 4.50. The van der Waals surface area contributed by atoms with Crippen molar-refractivity contribution in [3.05, 3.63) is 58.6 Å². The molecule has 0 radical (unpaired) electrons. The van der Waals surface area contributed by atoms with Gasteiger partial charge in [-0.2, -0.15) is 0 Å². The molecular weight excluding hydrogens is 346 g/mol. The van der Waals surface area contributed by atoms with E-state index in [1.807, 2.05) is 23.9 Å². The number of rotatable bonds is 6. The van der Waals surface area contributed by atoms with E-state index in [0.717, 1.165) is 16.6 Å². The van der Waals surface area contributed by atoms with Gasteiger partial charge in [0, 0.05) is 20.7 Å². The third-order valence-electron chi connectivity index (χ3n) is 3.38. The minimum atomic E-state index is 0.118. The topological polar surface area (TPSA) is 35.2 Å². The first-order chi connectivity index (χ1) is 10.1. The highest BCUT2D eigenvalue weighted by Crippen LogP contribution is 2.38. The predicted octanol–water partition coefficient (Wildman–Crippen LogP) is 5.03. The summed E-state index contributed by atoms with van der Waals surface area (Å²) in [4.78, 5) is 1.22. The highest BCUT2D eigenvalue weighted by Gasteiger charge is 2.20. The number of methoxy groups -OCH3 is 1. The molecule has 0 saturated heterocycles. The van der Waals surface area contributed by atoms with Gasteiger partial charge in [-0.1, -0.05) is 35.0 Å². The van der Waals surface area contributed by atoms with E-state index in [9.17, 15) is 0 Å². The van der Waals surface area contributed by atoms with Gasteiger partial charge in [0.15, 0.2) is 0 Å². The van der Waals surface area contributed by atoms with Crippen molar-refractivity contribution in [1.82, 2.24) is 0 Å². The Morgan fingerprint density at radius 1 is 1.10 bits per heavy atom. The van der Waals surface area contributed by atoms with Crippen LogP contribution in [0.5, 0.6) is 5.75 Å². The van der Waals surface area contributed by atoms with Crippen molar-refractivity contribution < 1.29 is 4.74 Å². The highest BCUT2D eigenvalue weighted by molar-refractivity contribution is 9.10. The van der Waals surface area contributed by atoms with Crippen molar-refractivity contribution in [1.29, 1.82) is 0 Å². The minimum Gasteiger partial charge on any atom is -0.497 e. The number of benzene rings is 2. The van der Waals surface area contributed by atoms with Crippen molar-refractivity contribution in [2.45, 2.75) is 29.5 Å². The zero-order valence-electron chi connectivity index (χ0n) is 12.3. The SMILES string of the molecule is CCC(N)C(Sc1ccc(Br)cc1)c1ccc(OC)cc1. The van der Waals surface area contributed by atoms with E-state index in [4.69, 9.17) is 10.5 Å². The van der Waals surface area contributed by atoms with Gasteiger partial charge < -0.3 is 10.5 Å². The molecule has 0 aromatic heterocycles. The molecular formula is C17H20BrNOS. The molecule has 2 aromatic rings. The maximum Gasteiger partial charge on any atom is 0.118 e. The number of nitrogens with two attached hydrogens (primary N) is 1. The maximum absolute atomic E-state index is 6.34. The largest absolute Gasteiger partial charge is 0.497 e. The molecule has 0 amide bonds. The monoisotopic (exact) mass is 365 g/mol. The van der Waals surface area contributed by atoms with Crippen molar-refractivity contribution in [2.24, 2.45) is 5.73 Å². The van der Waals surface area contributed by atoms with Gasteiger partial charge in [0.1, 0.15) is 5.75 Å². The third-order valence-corrected chi connectivity index (χ3v) is 5.33. The summed E-state index contributed by atoms with van der Waals surface area (Å²) in [5.74, 6) is 0.871. The van der Waals surface area contributed by atoms with Gasteiger partial charge in [-0.15, -0.1) is 11.8 Å². The van der Waals surface area contributed by atoms with Gasteiger partial charge in [0.25, 0.3) is 0 Å². The van der Waals surface area contributed by atoms with E-state index < -0.39 is 0 Å². The van der Waals surface area contributed by atoms with Crippen LogP contribution < -0.4 is 10.5 Å². The van der Waals surface area contributed by atoms with E-state index >= 15 is 0 Å². The molecule has 2 nitrogen and oxygen atoms in total. The first-order valence-corrected chi connectivity index (χ1v) is 8.63. The summed E-state index contributed by atoms with van der Waals surface area (Å²) in [7, 11) is 1.68. The summed E-state index contributed by atoms with van der Waals surface area (Å²) >= 11 is 5.28. The summed E-state index contributed by atoms with van der Waals surface area (Å²) in [5.41, 5.74) is 7.57. The molecule has 112 valence electrons. The van der Waals surface area contributed by atoms with Crippen LogP contribution in [0.15, 0.2) is 57.9 Å². The van der Waals surface area contributed by atoms with Crippen LogP contribution in [0.3, 0.4) is 0 Å². The quantitative estimate of drug-likeness (QED) is 0.729. The van der Waals surface area contributed by atoms with Crippen molar-refractivity contribution in [3.63, 3.8) is 0 Å². The molecule has 2 unspecified atom stereocenters. The Kier molecular flexibility index (Phi) is 6.15. The standard InChI is InChI=1S/C17H20BrNOS/c1-3-16(19)17(12-4-8-14(20-2)9-5-12)21-15-10-6-13(18)7-11-15/h4-11,16-17H,3,19H2,1-2H3. The molecule has 2 N–H and O–H groups in total. The Morgan fingerprint density at radius 2 is 1.71 bits per heavy atom. The van der Waals surface area contributed by atoms with Crippen LogP contribution in [0.4, 0.5) is 0 Å². The lowest BCUT2D eigenvalue weighted by Gasteiger charge is -2.23. The minimum absolute atomic E-state index is 0.118. The Bertz CT molecular complexity index is 556. The van der Waals surface area contributed by atoms with Gasteiger partial charge in [-0.3, -0.25) is 0 Å². The van der Waals surface area contributed by atoms with E-state index in [0.29, 0.717) is 0 Å². The maximum atomic E-state index is 6.34. The van der Waals surface area contributed by atoms with Crippen LogP contribution in [0.1, 0.15) is 24.2 Å². The Balaban J connectivity index is 2.22. The van der Waals surface area contributed by atoms with Crippen LogP contribution in [0.25, 0.3) is 0 Å².